The Balaban J connectivity index is 1.85. The van der Waals surface area contributed by atoms with Crippen LogP contribution in [-0.2, 0) is 11.2 Å². The molecule has 6 heteroatoms. The number of aliphatic hydroxyl groups excluding tert-OH is 1. The zero-order valence-electron chi connectivity index (χ0n) is 15.4. The lowest BCUT2D eigenvalue weighted by molar-refractivity contribution is -0.137. The van der Waals surface area contributed by atoms with E-state index >= 15 is 0 Å². The molecule has 1 aliphatic heterocycles. The Labute approximate surface area is 164 Å². The molecule has 1 saturated heterocycles. The number of carbonyl (C=O) groups excluding carboxylic acids is 1. The second-order valence-corrected chi connectivity index (χ2v) is 7.57. The predicted octanol–water partition coefficient (Wildman–Crippen LogP) is 3.88. The van der Waals surface area contributed by atoms with Gasteiger partial charge in [0.05, 0.1) is 12.1 Å². The average Bonchev–Trinajstić information content (AvgIpc) is 2.65. The summed E-state index contributed by atoms with van der Waals surface area (Å²) in [4.78, 5) is 24.5. The zero-order valence-corrected chi connectivity index (χ0v) is 16.2. The summed E-state index contributed by atoms with van der Waals surface area (Å²) in [6.45, 7) is 0.503. The molecule has 0 aromatic heterocycles. The zero-order chi connectivity index (χ0) is 19.5. The smallest absolute Gasteiger partial charge is 0.303 e. The predicted molar refractivity (Wildman–Crippen MR) is 109 cm³/mol. The van der Waals surface area contributed by atoms with E-state index in [1.54, 1.807) is 11.0 Å². The molecule has 1 fully saturated rings. The van der Waals surface area contributed by atoms with E-state index in [0.29, 0.717) is 25.8 Å². The highest BCUT2D eigenvalue weighted by atomic mass is 32.2. The van der Waals surface area contributed by atoms with Gasteiger partial charge in [-0.2, -0.15) is 0 Å². The van der Waals surface area contributed by atoms with Crippen LogP contribution in [0.3, 0.4) is 0 Å². The Morgan fingerprint density at radius 2 is 2.07 bits per heavy atom. The van der Waals surface area contributed by atoms with E-state index in [0.717, 1.165) is 17.7 Å². The minimum atomic E-state index is -0.787. The lowest BCUT2D eigenvalue weighted by atomic mass is 10.1. The van der Waals surface area contributed by atoms with Gasteiger partial charge in [0.2, 0.25) is 0 Å². The number of aliphatic carboxylic acids is 1. The van der Waals surface area contributed by atoms with Crippen LogP contribution in [0.2, 0.25) is 0 Å². The molecule has 146 valence electrons. The molecule has 0 aliphatic carbocycles. The summed E-state index contributed by atoms with van der Waals surface area (Å²) in [6.07, 6.45) is 9.86. The Morgan fingerprint density at radius 3 is 2.81 bits per heavy atom. The van der Waals surface area contributed by atoms with E-state index in [-0.39, 0.29) is 17.7 Å². The Hall–Kier alpha value is -2.05. The largest absolute Gasteiger partial charge is 0.481 e. The van der Waals surface area contributed by atoms with E-state index in [1.807, 2.05) is 48.6 Å². The van der Waals surface area contributed by atoms with Gasteiger partial charge < -0.3 is 15.1 Å². The monoisotopic (exact) mass is 389 g/mol. The molecule has 0 saturated carbocycles. The van der Waals surface area contributed by atoms with Crippen molar-refractivity contribution in [2.75, 3.05) is 12.3 Å². The summed E-state index contributed by atoms with van der Waals surface area (Å²) in [7, 11) is 0. The second-order valence-electron chi connectivity index (χ2n) is 6.52. The Morgan fingerprint density at radius 1 is 1.30 bits per heavy atom. The van der Waals surface area contributed by atoms with Crippen molar-refractivity contribution in [2.24, 2.45) is 0 Å². The number of hydrogen-bond donors (Lipinski definition) is 2. The van der Waals surface area contributed by atoms with Crippen molar-refractivity contribution in [1.82, 2.24) is 4.90 Å². The molecule has 1 amide bonds. The number of carboxylic acid groups (broad SMARTS) is 1. The molecular weight excluding hydrogens is 362 g/mol. The third-order valence-corrected chi connectivity index (χ3v) is 5.27. The summed E-state index contributed by atoms with van der Waals surface area (Å²) in [6, 6.07) is 9.80. The first kappa shape index (κ1) is 21.3. The molecular formula is C21H27NO4S. The molecule has 2 rings (SSSR count). The molecule has 0 bridgehead atoms. The maximum atomic E-state index is 12.2. The fourth-order valence-corrected chi connectivity index (χ4v) is 3.82. The van der Waals surface area contributed by atoms with Crippen molar-refractivity contribution in [3.05, 3.63) is 60.2 Å². The number of thioether (sulfide) groups is 1. The minimum Gasteiger partial charge on any atom is -0.481 e. The lowest BCUT2D eigenvalue weighted by Gasteiger charge is -2.32. The van der Waals surface area contributed by atoms with Gasteiger partial charge in [0, 0.05) is 25.1 Å². The first-order valence-corrected chi connectivity index (χ1v) is 10.3. The van der Waals surface area contributed by atoms with E-state index in [2.05, 4.69) is 0 Å². The number of hydrogen-bond acceptors (Lipinski definition) is 4. The van der Waals surface area contributed by atoms with E-state index in [9.17, 15) is 14.7 Å². The maximum Gasteiger partial charge on any atom is 0.303 e. The molecule has 0 spiro atoms. The summed E-state index contributed by atoms with van der Waals surface area (Å²) >= 11 is 1.32. The van der Waals surface area contributed by atoms with Crippen LogP contribution >= 0.6 is 11.8 Å². The topological polar surface area (TPSA) is 77.8 Å². The number of benzene rings is 1. The van der Waals surface area contributed by atoms with Crippen molar-refractivity contribution < 1.29 is 19.8 Å². The number of aliphatic hydroxyl groups is 1. The highest BCUT2D eigenvalue weighted by molar-refractivity contribution is 8.13. The van der Waals surface area contributed by atoms with Crippen molar-refractivity contribution >= 4 is 23.0 Å². The standard InChI is InChI=1S/C21H27NO4S/c23-19(16-17-8-4-3-5-9-17)12-11-18-13-15-27-21(26)22(18)14-7-2-1-6-10-20(24)25/h2-5,7-9,11-12,18-19,23H,1,6,10,13-16H2,(H,24,25)/t18-,19?/m0/s1. The molecule has 1 aliphatic rings. The number of rotatable bonds is 10. The quantitative estimate of drug-likeness (QED) is 0.469. The number of unbranched alkanes of at least 4 members (excludes halogenated alkanes) is 1. The van der Waals surface area contributed by atoms with Gasteiger partial charge in [-0.05, 0) is 24.8 Å². The molecule has 5 nitrogen and oxygen atoms in total. The summed E-state index contributed by atoms with van der Waals surface area (Å²) in [5, 5.41) is 18.9. The van der Waals surface area contributed by atoms with Crippen molar-refractivity contribution in [3.63, 3.8) is 0 Å². The van der Waals surface area contributed by atoms with E-state index < -0.39 is 12.1 Å². The Kier molecular flexibility index (Phi) is 9.15. The van der Waals surface area contributed by atoms with Crippen LogP contribution in [0.4, 0.5) is 4.79 Å². The van der Waals surface area contributed by atoms with Gasteiger partial charge >= 0.3 is 5.97 Å². The maximum absolute atomic E-state index is 12.2. The van der Waals surface area contributed by atoms with E-state index in [1.165, 1.54) is 11.8 Å². The van der Waals surface area contributed by atoms with Crippen molar-refractivity contribution in [2.45, 2.75) is 44.2 Å². The number of carboxylic acids is 1. The first-order valence-electron chi connectivity index (χ1n) is 9.27. The fourth-order valence-electron chi connectivity index (χ4n) is 2.91. The number of nitrogens with zero attached hydrogens (tertiary/aromatic N) is 1. The van der Waals surface area contributed by atoms with Crippen molar-refractivity contribution in [1.29, 1.82) is 0 Å². The van der Waals surface area contributed by atoms with Crippen LogP contribution in [0.5, 0.6) is 0 Å². The van der Waals surface area contributed by atoms with Crippen LogP contribution in [0, 0.1) is 0 Å². The molecule has 27 heavy (non-hydrogen) atoms. The highest BCUT2D eigenvalue weighted by Gasteiger charge is 2.26. The fraction of sp³-hybridized carbons (Fsp3) is 0.429. The summed E-state index contributed by atoms with van der Waals surface area (Å²) in [5.74, 6) is -0.00757. The van der Waals surface area contributed by atoms with Gasteiger partial charge in [-0.1, -0.05) is 66.4 Å². The average molecular weight is 390 g/mol. The normalized spacial score (nSPS) is 19.1. The van der Waals surface area contributed by atoms with Crippen LogP contribution in [0.25, 0.3) is 0 Å². The molecule has 1 unspecified atom stereocenters. The molecule has 2 N–H and O–H groups in total. The highest BCUT2D eigenvalue weighted by Crippen LogP contribution is 2.24. The van der Waals surface area contributed by atoms with Crippen LogP contribution < -0.4 is 0 Å². The van der Waals surface area contributed by atoms with Crippen LogP contribution in [0.1, 0.15) is 31.2 Å². The van der Waals surface area contributed by atoms with Gasteiger partial charge in [-0.3, -0.25) is 9.59 Å². The number of allylic oxidation sites excluding steroid dienone is 1. The molecule has 1 heterocycles. The molecule has 1 aromatic carbocycles. The van der Waals surface area contributed by atoms with Gasteiger partial charge in [-0.25, -0.2) is 0 Å². The van der Waals surface area contributed by atoms with Gasteiger partial charge in [0.25, 0.3) is 5.24 Å². The summed E-state index contributed by atoms with van der Waals surface area (Å²) < 4.78 is 0. The molecule has 0 radical (unpaired) electrons. The van der Waals surface area contributed by atoms with Gasteiger partial charge in [-0.15, -0.1) is 0 Å². The minimum absolute atomic E-state index is 0.0205. The van der Waals surface area contributed by atoms with Crippen molar-refractivity contribution in [3.8, 4) is 0 Å². The SMILES string of the molecule is O=C(O)CCCC=CCN1C(=O)SCC[C@@H]1C=CC(O)Cc1ccccc1. The molecule has 2 atom stereocenters. The van der Waals surface area contributed by atoms with Gasteiger partial charge in [0.15, 0.2) is 0 Å². The third-order valence-electron chi connectivity index (χ3n) is 4.35. The Bertz CT molecular complexity index is 659. The second kappa shape index (κ2) is 11.6. The molecule has 1 aromatic rings. The summed E-state index contributed by atoms with van der Waals surface area (Å²) in [5.41, 5.74) is 1.08. The first-order chi connectivity index (χ1) is 13.1. The number of amides is 1. The lowest BCUT2D eigenvalue weighted by Crippen LogP contribution is -2.41. The van der Waals surface area contributed by atoms with Gasteiger partial charge in [0.1, 0.15) is 0 Å². The van der Waals surface area contributed by atoms with E-state index in [4.69, 9.17) is 5.11 Å². The van der Waals surface area contributed by atoms with Crippen LogP contribution in [0.15, 0.2) is 54.6 Å². The van der Waals surface area contributed by atoms with Crippen LogP contribution in [-0.4, -0.2) is 50.8 Å². The number of carbonyl (C=O) groups is 2. The third kappa shape index (κ3) is 8.01.